The molecule has 4 N–H and O–H groups in total. The summed E-state index contributed by atoms with van der Waals surface area (Å²) in [5.74, 6) is -0.0844. The van der Waals surface area contributed by atoms with E-state index in [0.29, 0.717) is 0 Å². The molecule has 1 aromatic carbocycles. The molecule has 120 valence electrons. The number of hydrogen-bond acceptors (Lipinski definition) is 3. The normalized spacial score (nSPS) is 17.3. The highest BCUT2D eigenvalue weighted by molar-refractivity contribution is 7.10. The first-order chi connectivity index (χ1) is 11.1. The minimum atomic E-state index is -0.623. The number of fused-ring (bicyclic) bond motifs is 1. The van der Waals surface area contributed by atoms with Crippen molar-refractivity contribution in [1.82, 2.24) is 10.6 Å². The van der Waals surface area contributed by atoms with Crippen LogP contribution in [-0.4, -0.2) is 11.9 Å². The molecule has 0 aliphatic heterocycles. The Morgan fingerprint density at radius 3 is 2.83 bits per heavy atom. The number of carbonyl (C=O) groups excluding carboxylic acids is 2. The summed E-state index contributed by atoms with van der Waals surface area (Å²) >= 11 is 1.50. The summed E-state index contributed by atoms with van der Waals surface area (Å²) < 4.78 is 0. The minimum Gasteiger partial charge on any atom is -0.352 e. The van der Waals surface area contributed by atoms with Crippen molar-refractivity contribution in [3.05, 3.63) is 57.8 Å². The van der Waals surface area contributed by atoms with Gasteiger partial charge in [0.05, 0.1) is 18.5 Å². The minimum absolute atomic E-state index is 0.0521. The van der Waals surface area contributed by atoms with E-state index in [1.54, 1.807) is 0 Å². The molecule has 0 fully saturated rings. The van der Waals surface area contributed by atoms with Gasteiger partial charge in [-0.1, -0.05) is 30.3 Å². The SMILES string of the molecule is NC(=O)NC(CC(=O)NC1CCc2ccccc21)c1cccs1. The van der Waals surface area contributed by atoms with Gasteiger partial charge in [0, 0.05) is 4.88 Å². The average Bonchev–Trinajstić information content (AvgIpc) is 3.16. The van der Waals surface area contributed by atoms with Crippen molar-refractivity contribution in [2.24, 2.45) is 5.73 Å². The van der Waals surface area contributed by atoms with Gasteiger partial charge in [-0.05, 0) is 35.4 Å². The third-order valence-corrected chi connectivity index (χ3v) is 5.05. The van der Waals surface area contributed by atoms with Gasteiger partial charge in [0.25, 0.3) is 0 Å². The topological polar surface area (TPSA) is 84.2 Å². The molecule has 2 unspecified atom stereocenters. The van der Waals surface area contributed by atoms with E-state index in [1.807, 2.05) is 29.6 Å². The fourth-order valence-corrected chi connectivity index (χ4v) is 3.81. The summed E-state index contributed by atoms with van der Waals surface area (Å²) in [6, 6.07) is 11.0. The van der Waals surface area contributed by atoms with Crippen molar-refractivity contribution in [3.8, 4) is 0 Å². The fraction of sp³-hybridized carbons (Fsp3) is 0.294. The molecule has 6 heteroatoms. The summed E-state index contributed by atoms with van der Waals surface area (Å²) in [6.07, 6.45) is 2.08. The Bertz CT molecular complexity index is 700. The van der Waals surface area contributed by atoms with Crippen LogP contribution in [0.1, 0.15) is 40.9 Å². The zero-order chi connectivity index (χ0) is 16.2. The largest absolute Gasteiger partial charge is 0.352 e. The number of carbonyl (C=O) groups is 2. The van der Waals surface area contributed by atoms with Crippen LogP contribution in [-0.2, 0) is 11.2 Å². The van der Waals surface area contributed by atoms with E-state index in [-0.39, 0.29) is 24.4 Å². The smallest absolute Gasteiger partial charge is 0.312 e. The van der Waals surface area contributed by atoms with E-state index >= 15 is 0 Å². The van der Waals surface area contributed by atoms with Gasteiger partial charge in [0.1, 0.15) is 0 Å². The number of urea groups is 1. The monoisotopic (exact) mass is 329 g/mol. The van der Waals surface area contributed by atoms with Crippen LogP contribution < -0.4 is 16.4 Å². The number of rotatable bonds is 5. The van der Waals surface area contributed by atoms with Crippen molar-refractivity contribution in [1.29, 1.82) is 0 Å². The zero-order valence-electron chi connectivity index (χ0n) is 12.6. The van der Waals surface area contributed by atoms with E-state index in [0.717, 1.165) is 17.7 Å². The number of thiophene rings is 1. The molecule has 3 rings (SSSR count). The predicted octanol–water partition coefficient (Wildman–Crippen LogP) is 2.65. The summed E-state index contributed by atoms with van der Waals surface area (Å²) in [7, 11) is 0. The van der Waals surface area contributed by atoms with Crippen LogP contribution in [0.5, 0.6) is 0 Å². The number of amides is 3. The Morgan fingerprint density at radius 2 is 2.09 bits per heavy atom. The maximum atomic E-state index is 12.4. The number of primary amides is 1. The maximum absolute atomic E-state index is 12.4. The number of benzene rings is 1. The van der Waals surface area contributed by atoms with Crippen LogP contribution in [0, 0.1) is 0 Å². The van der Waals surface area contributed by atoms with Crippen molar-refractivity contribution < 1.29 is 9.59 Å². The lowest BCUT2D eigenvalue weighted by Crippen LogP contribution is -2.37. The van der Waals surface area contributed by atoms with Gasteiger partial charge in [-0.2, -0.15) is 0 Å². The molecule has 1 aliphatic carbocycles. The highest BCUT2D eigenvalue weighted by Gasteiger charge is 2.25. The van der Waals surface area contributed by atoms with E-state index in [4.69, 9.17) is 5.73 Å². The molecule has 2 atom stereocenters. The molecule has 1 aromatic heterocycles. The molecule has 5 nitrogen and oxygen atoms in total. The number of aryl methyl sites for hydroxylation is 1. The molecule has 1 aliphatic rings. The van der Waals surface area contributed by atoms with Crippen LogP contribution in [0.2, 0.25) is 0 Å². The lowest BCUT2D eigenvalue weighted by atomic mass is 10.1. The second-order valence-corrected chi connectivity index (χ2v) is 6.62. The van der Waals surface area contributed by atoms with Gasteiger partial charge in [0.15, 0.2) is 0 Å². The Kier molecular flexibility index (Phi) is 4.62. The Labute approximate surface area is 138 Å². The highest BCUT2D eigenvalue weighted by Crippen LogP contribution is 2.31. The van der Waals surface area contributed by atoms with E-state index in [1.165, 1.54) is 22.5 Å². The van der Waals surface area contributed by atoms with Crippen LogP contribution in [0.3, 0.4) is 0 Å². The summed E-state index contributed by atoms with van der Waals surface area (Å²) in [5, 5.41) is 7.63. The third kappa shape index (κ3) is 3.71. The maximum Gasteiger partial charge on any atom is 0.312 e. The van der Waals surface area contributed by atoms with Gasteiger partial charge in [-0.3, -0.25) is 4.79 Å². The summed E-state index contributed by atoms with van der Waals surface area (Å²) in [6.45, 7) is 0. The standard InChI is InChI=1S/C17H19N3O2S/c18-17(22)20-14(15-6-3-9-23-15)10-16(21)19-13-8-7-11-4-1-2-5-12(11)13/h1-6,9,13-14H,7-8,10H2,(H,19,21)(H3,18,20,22). The number of hydrogen-bond donors (Lipinski definition) is 3. The third-order valence-electron chi connectivity index (χ3n) is 4.06. The highest BCUT2D eigenvalue weighted by atomic mass is 32.1. The quantitative estimate of drug-likeness (QED) is 0.788. The van der Waals surface area contributed by atoms with Crippen LogP contribution in [0.15, 0.2) is 41.8 Å². The van der Waals surface area contributed by atoms with Crippen LogP contribution in [0.4, 0.5) is 4.79 Å². The van der Waals surface area contributed by atoms with Crippen molar-refractivity contribution >= 4 is 23.3 Å². The molecule has 0 saturated heterocycles. The van der Waals surface area contributed by atoms with Crippen molar-refractivity contribution in [2.75, 3.05) is 0 Å². The first kappa shape index (κ1) is 15.6. The molecule has 0 radical (unpaired) electrons. The van der Waals surface area contributed by atoms with Gasteiger partial charge in [-0.15, -0.1) is 11.3 Å². The molecule has 0 spiro atoms. The molecule has 2 aromatic rings. The molecule has 23 heavy (non-hydrogen) atoms. The van der Waals surface area contributed by atoms with Gasteiger partial charge < -0.3 is 16.4 Å². The molecular formula is C17H19N3O2S. The van der Waals surface area contributed by atoms with E-state index in [2.05, 4.69) is 22.8 Å². The fourth-order valence-electron chi connectivity index (χ4n) is 3.03. The van der Waals surface area contributed by atoms with E-state index in [9.17, 15) is 9.59 Å². The summed E-state index contributed by atoms with van der Waals surface area (Å²) in [5.41, 5.74) is 7.71. The molecule has 3 amide bonds. The first-order valence-electron chi connectivity index (χ1n) is 7.60. The Balaban J connectivity index is 1.65. The summed E-state index contributed by atoms with van der Waals surface area (Å²) in [4.78, 5) is 24.5. The average molecular weight is 329 g/mol. The van der Waals surface area contributed by atoms with Crippen LogP contribution >= 0.6 is 11.3 Å². The van der Waals surface area contributed by atoms with Crippen molar-refractivity contribution in [2.45, 2.75) is 31.3 Å². The lowest BCUT2D eigenvalue weighted by molar-refractivity contribution is -0.122. The number of nitrogens with two attached hydrogens (primary N) is 1. The first-order valence-corrected chi connectivity index (χ1v) is 8.48. The molecule has 1 heterocycles. The molecular weight excluding hydrogens is 310 g/mol. The van der Waals surface area contributed by atoms with Gasteiger partial charge in [-0.25, -0.2) is 4.79 Å². The second-order valence-electron chi connectivity index (χ2n) is 5.64. The molecule has 0 bridgehead atoms. The van der Waals surface area contributed by atoms with Crippen molar-refractivity contribution in [3.63, 3.8) is 0 Å². The Morgan fingerprint density at radius 1 is 1.26 bits per heavy atom. The van der Waals surface area contributed by atoms with Gasteiger partial charge in [0.2, 0.25) is 5.91 Å². The van der Waals surface area contributed by atoms with Crippen LogP contribution in [0.25, 0.3) is 0 Å². The predicted molar refractivity (Wildman–Crippen MR) is 90.0 cm³/mol. The zero-order valence-corrected chi connectivity index (χ0v) is 13.4. The van der Waals surface area contributed by atoms with E-state index < -0.39 is 6.03 Å². The number of nitrogens with one attached hydrogen (secondary N) is 2. The Hall–Kier alpha value is -2.34. The molecule has 0 saturated carbocycles. The second kappa shape index (κ2) is 6.83. The van der Waals surface area contributed by atoms with Gasteiger partial charge >= 0.3 is 6.03 Å². The lowest BCUT2D eigenvalue weighted by Gasteiger charge is -2.19.